The minimum absolute atomic E-state index is 0.843. The number of rotatable bonds is 0. The van der Waals surface area contributed by atoms with Crippen molar-refractivity contribution in [1.29, 1.82) is 0 Å². The van der Waals surface area contributed by atoms with E-state index in [0.29, 0.717) is 0 Å². The van der Waals surface area contributed by atoms with Crippen molar-refractivity contribution in [2.45, 2.75) is 19.3 Å². The summed E-state index contributed by atoms with van der Waals surface area (Å²) in [5.74, 6) is 0.843. The third-order valence-electron chi connectivity index (χ3n) is 2.32. The van der Waals surface area contributed by atoms with Crippen LogP contribution in [-0.4, -0.2) is 0 Å². The second-order valence-corrected chi connectivity index (χ2v) is 3.00. The molecule has 0 amide bonds. The normalized spacial score (nSPS) is 29.6. The first-order valence-electron chi connectivity index (χ1n) is 4.00. The summed E-state index contributed by atoms with van der Waals surface area (Å²) in [5.41, 5.74) is 1.56. The average molecular weight is 132 g/mol. The molecule has 0 saturated heterocycles. The van der Waals surface area contributed by atoms with Crippen LogP contribution in [0.2, 0.25) is 0 Å². The molecular weight excluding hydrogens is 120 g/mol. The van der Waals surface area contributed by atoms with Gasteiger partial charge in [-0.05, 0) is 30.8 Å². The predicted octanol–water partition coefficient (Wildman–Crippen LogP) is 2.84. The van der Waals surface area contributed by atoms with E-state index in [1.165, 1.54) is 19.3 Å². The van der Waals surface area contributed by atoms with E-state index < -0.39 is 0 Å². The van der Waals surface area contributed by atoms with Gasteiger partial charge in [0.05, 0.1) is 0 Å². The van der Waals surface area contributed by atoms with Crippen LogP contribution in [0.5, 0.6) is 0 Å². The van der Waals surface area contributed by atoms with Gasteiger partial charge in [-0.25, -0.2) is 0 Å². The molecule has 2 aliphatic carbocycles. The molecule has 52 valence electrons. The van der Waals surface area contributed by atoms with Gasteiger partial charge in [0, 0.05) is 0 Å². The van der Waals surface area contributed by atoms with Crippen LogP contribution in [0.4, 0.5) is 0 Å². The van der Waals surface area contributed by atoms with Crippen LogP contribution in [0, 0.1) is 5.92 Å². The lowest BCUT2D eigenvalue weighted by atomic mass is 9.99. The molecule has 0 aromatic carbocycles. The summed E-state index contributed by atoms with van der Waals surface area (Å²) in [6, 6.07) is 0. The Morgan fingerprint density at radius 2 is 2.30 bits per heavy atom. The Morgan fingerprint density at radius 3 is 3.30 bits per heavy atom. The zero-order valence-electron chi connectivity index (χ0n) is 6.09. The molecule has 0 heteroatoms. The summed E-state index contributed by atoms with van der Waals surface area (Å²) < 4.78 is 0. The van der Waals surface area contributed by atoms with Crippen LogP contribution in [0.3, 0.4) is 0 Å². The summed E-state index contributed by atoms with van der Waals surface area (Å²) in [6.45, 7) is 0. The first-order valence-corrected chi connectivity index (χ1v) is 4.00. The largest absolute Gasteiger partial charge is 0.0839 e. The molecule has 0 heterocycles. The lowest BCUT2D eigenvalue weighted by Gasteiger charge is -2.06. The fourth-order valence-electron chi connectivity index (χ4n) is 1.73. The van der Waals surface area contributed by atoms with Crippen LogP contribution in [-0.2, 0) is 0 Å². The Hall–Kier alpha value is -0.780. The molecule has 1 unspecified atom stereocenters. The van der Waals surface area contributed by atoms with Gasteiger partial charge in [0.25, 0.3) is 0 Å². The average Bonchev–Trinajstić information content (AvgIpc) is 2.28. The molecule has 0 radical (unpaired) electrons. The number of hydrogen-bond donors (Lipinski definition) is 0. The van der Waals surface area contributed by atoms with Crippen molar-refractivity contribution in [3.63, 3.8) is 0 Å². The van der Waals surface area contributed by atoms with Gasteiger partial charge in [0.2, 0.25) is 0 Å². The summed E-state index contributed by atoms with van der Waals surface area (Å²) in [7, 11) is 0. The van der Waals surface area contributed by atoms with Crippen molar-refractivity contribution >= 4 is 0 Å². The van der Waals surface area contributed by atoms with Crippen molar-refractivity contribution in [3.05, 3.63) is 36.0 Å². The van der Waals surface area contributed by atoms with Crippen molar-refractivity contribution in [2.75, 3.05) is 0 Å². The van der Waals surface area contributed by atoms with Crippen molar-refractivity contribution in [2.24, 2.45) is 5.92 Å². The highest BCUT2D eigenvalue weighted by molar-refractivity contribution is 5.30. The van der Waals surface area contributed by atoms with Gasteiger partial charge in [-0.15, -0.1) is 0 Å². The molecule has 0 bridgehead atoms. The molecule has 0 spiro atoms. The molecule has 0 aromatic heterocycles. The molecule has 0 saturated carbocycles. The summed E-state index contributed by atoms with van der Waals surface area (Å²) >= 11 is 0. The maximum atomic E-state index is 2.37. The lowest BCUT2D eigenvalue weighted by molar-refractivity contribution is 0.627. The Morgan fingerprint density at radius 1 is 1.30 bits per heavy atom. The van der Waals surface area contributed by atoms with Crippen LogP contribution < -0.4 is 0 Å². The molecule has 2 rings (SSSR count). The minimum atomic E-state index is 0.843. The van der Waals surface area contributed by atoms with E-state index in [4.69, 9.17) is 0 Å². The summed E-state index contributed by atoms with van der Waals surface area (Å²) in [6.07, 6.45) is 15.1. The number of allylic oxidation sites excluding steroid dienone is 6. The Kier molecular flexibility index (Phi) is 1.46. The lowest BCUT2D eigenvalue weighted by Crippen LogP contribution is -1.93. The fourth-order valence-corrected chi connectivity index (χ4v) is 1.73. The molecule has 1 atom stereocenters. The van der Waals surface area contributed by atoms with E-state index in [1.54, 1.807) is 5.57 Å². The van der Waals surface area contributed by atoms with Crippen LogP contribution in [0.25, 0.3) is 0 Å². The standard InChI is InChI=1S/C10H12/c1-2-5-9-7-4-8-10(9)6-3-1/h1-3,5,7,10H,4,6,8H2. The third-order valence-corrected chi connectivity index (χ3v) is 2.32. The molecule has 0 fully saturated rings. The number of hydrogen-bond acceptors (Lipinski definition) is 0. The predicted molar refractivity (Wildman–Crippen MR) is 43.7 cm³/mol. The van der Waals surface area contributed by atoms with Gasteiger partial charge in [-0.2, -0.15) is 0 Å². The van der Waals surface area contributed by atoms with Crippen LogP contribution >= 0.6 is 0 Å². The second-order valence-electron chi connectivity index (χ2n) is 3.00. The van der Waals surface area contributed by atoms with Gasteiger partial charge in [0.15, 0.2) is 0 Å². The van der Waals surface area contributed by atoms with Crippen molar-refractivity contribution in [3.8, 4) is 0 Å². The van der Waals surface area contributed by atoms with Crippen LogP contribution in [0.1, 0.15) is 19.3 Å². The minimum Gasteiger partial charge on any atom is -0.0839 e. The van der Waals surface area contributed by atoms with Gasteiger partial charge in [-0.1, -0.05) is 30.4 Å². The van der Waals surface area contributed by atoms with E-state index in [1.807, 2.05) is 0 Å². The number of fused-ring (bicyclic) bond motifs is 1. The molecule has 0 aromatic rings. The molecule has 0 nitrogen and oxygen atoms in total. The van der Waals surface area contributed by atoms with E-state index >= 15 is 0 Å². The monoisotopic (exact) mass is 132 g/mol. The zero-order chi connectivity index (χ0) is 6.81. The third kappa shape index (κ3) is 0.942. The molecule has 0 aliphatic heterocycles. The summed E-state index contributed by atoms with van der Waals surface area (Å²) in [5, 5.41) is 0. The highest BCUT2D eigenvalue weighted by atomic mass is 14.2. The highest BCUT2D eigenvalue weighted by Crippen LogP contribution is 2.30. The molecular formula is C10H12. The van der Waals surface area contributed by atoms with Gasteiger partial charge < -0.3 is 0 Å². The Balaban J connectivity index is 2.25. The second kappa shape index (κ2) is 2.45. The van der Waals surface area contributed by atoms with E-state index in [2.05, 4.69) is 30.4 Å². The van der Waals surface area contributed by atoms with Gasteiger partial charge in [-0.3, -0.25) is 0 Å². The SMILES string of the molecule is C1=CCC2CCC=C2C=C1. The fraction of sp³-hybridized carbons (Fsp3) is 0.400. The first kappa shape index (κ1) is 5.96. The van der Waals surface area contributed by atoms with E-state index in [0.717, 1.165) is 5.92 Å². The molecule has 10 heavy (non-hydrogen) atoms. The van der Waals surface area contributed by atoms with E-state index in [9.17, 15) is 0 Å². The maximum absolute atomic E-state index is 2.37. The maximum Gasteiger partial charge on any atom is -0.0127 e. The quantitative estimate of drug-likeness (QED) is 0.475. The van der Waals surface area contributed by atoms with Crippen molar-refractivity contribution < 1.29 is 0 Å². The van der Waals surface area contributed by atoms with Gasteiger partial charge >= 0.3 is 0 Å². The Labute approximate surface area is 61.9 Å². The van der Waals surface area contributed by atoms with E-state index in [-0.39, 0.29) is 0 Å². The van der Waals surface area contributed by atoms with Crippen LogP contribution in [0.15, 0.2) is 36.0 Å². The smallest absolute Gasteiger partial charge is 0.0127 e. The summed E-state index contributed by atoms with van der Waals surface area (Å²) in [4.78, 5) is 0. The highest BCUT2D eigenvalue weighted by Gasteiger charge is 2.15. The molecule has 0 N–H and O–H groups in total. The van der Waals surface area contributed by atoms with Crippen molar-refractivity contribution in [1.82, 2.24) is 0 Å². The first-order chi connectivity index (χ1) is 4.97. The van der Waals surface area contributed by atoms with Gasteiger partial charge in [0.1, 0.15) is 0 Å². The Bertz CT molecular complexity index is 206. The molecule has 2 aliphatic rings. The topological polar surface area (TPSA) is 0 Å². The zero-order valence-corrected chi connectivity index (χ0v) is 6.09.